The molecule has 25 heavy (non-hydrogen) atoms. The molecule has 0 aromatic heterocycles. The molecule has 0 radical (unpaired) electrons. The minimum absolute atomic E-state index is 0.0801. The predicted octanol–water partition coefficient (Wildman–Crippen LogP) is -0.0222. The minimum atomic E-state index is -3.50. The lowest BCUT2D eigenvalue weighted by Crippen LogP contribution is -3.19. The molecular weight excluding hydrogens is 338 g/mol. The highest BCUT2D eigenvalue weighted by atomic mass is 32.2. The van der Waals surface area contributed by atoms with Crippen LogP contribution in [0.15, 0.2) is 17.0 Å². The molecule has 1 fully saturated rings. The van der Waals surface area contributed by atoms with Crippen molar-refractivity contribution in [3.8, 4) is 0 Å². The lowest BCUT2D eigenvalue weighted by Gasteiger charge is -2.35. The van der Waals surface area contributed by atoms with Gasteiger partial charge in [0.05, 0.1) is 31.1 Å². The maximum Gasteiger partial charge on any atom is 0.280 e. The van der Waals surface area contributed by atoms with Gasteiger partial charge >= 0.3 is 0 Å². The number of hydrogen-bond acceptors (Lipinski definition) is 3. The first-order valence-corrected chi connectivity index (χ1v) is 10.1. The van der Waals surface area contributed by atoms with Gasteiger partial charge in [0, 0.05) is 14.1 Å². The molecule has 0 saturated carbocycles. The molecule has 6 nitrogen and oxygen atoms in total. The molecule has 1 aromatic rings. The van der Waals surface area contributed by atoms with E-state index >= 15 is 0 Å². The molecule has 1 saturated heterocycles. The standard InChI is InChI=1S/C18H29N3O3S/c1-13-11-14(2)17(15(3)12-13)25(23,24)21-9-7-20(8-10-21)16(4)18(22)19(5)6/h11-12,16H,7-10H2,1-6H3/p+1/t16-/m1/s1. The largest absolute Gasteiger partial charge is 0.344 e. The number of nitrogens with one attached hydrogen (secondary N) is 1. The molecule has 2 rings (SSSR count). The van der Waals surface area contributed by atoms with Crippen molar-refractivity contribution >= 4 is 15.9 Å². The first-order chi connectivity index (χ1) is 11.6. The van der Waals surface area contributed by atoms with Crippen LogP contribution in [0.3, 0.4) is 0 Å². The van der Waals surface area contributed by atoms with Gasteiger partial charge in [-0.25, -0.2) is 8.42 Å². The number of amides is 1. The molecule has 1 amide bonds. The number of piperazine rings is 1. The maximum absolute atomic E-state index is 13.1. The lowest BCUT2D eigenvalue weighted by molar-refractivity contribution is -0.917. The second-order valence-electron chi connectivity index (χ2n) is 7.24. The van der Waals surface area contributed by atoms with Crippen LogP contribution in [0, 0.1) is 20.8 Å². The Balaban J connectivity index is 2.16. The van der Waals surface area contributed by atoms with E-state index in [4.69, 9.17) is 0 Å². The smallest absolute Gasteiger partial charge is 0.280 e. The summed E-state index contributed by atoms with van der Waals surface area (Å²) in [6.07, 6.45) is 0. The Hall–Kier alpha value is -1.44. The Labute approximate surface area is 151 Å². The summed E-state index contributed by atoms with van der Waals surface area (Å²) in [4.78, 5) is 15.3. The van der Waals surface area contributed by atoms with E-state index in [9.17, 15) is 13.2 Å². The Morgan fingerprint density at radius 3 is 2.04 bits per heavy atom. The lowest BCUT2D eigenvalue weighted by atomic mass is 10.1. The van der Waals surface area contributed by atoms with Gasteiger partial charge in [0.1, 0.15) is 0 Å². The third-order valence-electron chi connectivity index (χ3n) is 4.99. The van der Waals surface area contributed by atoms with Gasteiger partial charge in [-0.1, -0.05) is 17.7 Å². The van der Waals surface area contributed by atoms with E-state index in [0.29, 0.717) is 31.1 Å². The number of nitrogens with zero attached hydrogens (tertiary/aromatic N) is 2. The molecule has 1 aliphatic heterocycles. The van der Waals surface area contributed by atoms with E-state index in [2.05, 4.69) is 0 Å². The number of carbonyl (C=O) groups excluding carboxylic acids is 1. The summed E-state index contributed by atoms with van der Waals surface area (Å²) in [5, 5.41) is 0. The first-order valence-electron chi connectivity index (χ1n) is 8.69. The van der Waals surface area contributed by atoms with Crippen molar-refractivity contribution in [2.24, 2.45) is 0 Å². The molecule has 1 atom stereocenters. The van der Waals surface area contributed by atoms with Crippen molar-refractivity contribution in [2.75, 3.05) is 40.3 Å². The molecule has 0 spiro atoms. The van der Waals surface area contributed by atoms with Gasteiger partial charge in [0.15, 0.2) is 6.04 Å². The Morgan fingerprint density at radius 2 is 1.60 bits per heavy atom. The van der Waals surface area contributed by atoms with Gasteiger partial charge in [0.2, 0.25) is 10.0 Å². The number of hydrogen-bond donors (Lipinski definition) is 1. The number of rotatable bonds is 4. The van der Waals surface area contributed by atoms with Crippen LogP contribution in [-0.4, -0.2) is 69.8 Å². The van der Waals surface area contributed by atoms with E-state index in [1.165, 1.54) is 0 Å². The molecule has 1 aliphatic rings. The summed E-state index contributed by atoms with van der Waals surface area (Å²) in [7, 11) is 0.00264. The summed E-state index contributed by atoms with van der Waals surface area (Å²) in [6.45, 7) is 9.76. The zero-order valence-electron chi connectivity index (χ0n) is 16.1. The van der Waals surface area contributed by atoms with Crippen LogP contribution in [0.25, 0.3) is 0 Å². The summed E-state index contributed by atoms with van der Waals surface area (Å²) in [5.74, 6) is 0.0801. The topological polar surface area (TPSA) is 62.1 Å². The van der Waals surface area contributed by atoms with Gasteiger partial charge in [0.25, 0.3) is 5.91 Å². The van der Waals surface area contributed by atoms with Crippen molar-refractivity contribution in [3.63, 3.8) is 0 Å². The Morgan fingerprint density at radius 1 is 1.12 bits per heavy atom. The van der Waals surface area contributed by atoms with Crippen LogP contribution in [0.4, 0.5) is 0 Å². The SMILES string of the molecule is Cc1cc(C)c(S(=O)(=O)N2CC[NH+]([C@H](C)C(=O)N(C)C)CC2)c(C)c1. The molecular formula is C18H30N3O3S+. The fraction of sp³-hybridized carbons (Fsp3) is 0.611. The Bertz CT molecular complexity index is 728. The second-order valence-corrected chi connectivity index (χ2v) is 9.12. The highest BCUT2D eigenvalue weighted by molar-refractivity contribution is 7.89. The molecule has 1 heterocycles. The van der Waals surface area contributed by atoms with Crippen LogP contribution in [0.1, 0.15) is 23.6 Å². The van der Waals surface area contributed by atoms with Crippen LogP contribution in [-0.2, 0) is 14.8 Å². The maximum atomic E-state index is 13.1. The molecule has 0 unspecified atom stereocenters. The summed E-state index contributed by atoms with van der Waals surface area (Å²) < 4.78 is 27.8. The number of benzene rings is 1. The number of likely N-dealkylation sites (N-methyl/N-ethyl adjacent to an activating group) is 1. The molecule has 1 N–H and O–H groups in total. The third kappa shape index (κ3) is 4.04. The van der Waals surface area contributed by atoms with Gasteiger partial charge in [-0.15, -0.1) is 0 Å². The first kappa shape index (κ1) is 19.9. The quantitative estimate of drug-likeness (QED) is 0.812. The average Bonchev–Trinajstić information content (AvgIpc) is 2.52. The minimum Gasteiger partial charge on any atom is -0.344 e. The predicted molar refractivity (Wildman–Crippen MR) is 98.3 cm³/mol. The molecule has 140 valence electrons. The number of aryl methyl sites for hydroxylation is 3. The van der Waals surface area contributed by atoms with Crippen LogP contribution < -0.4 is 4.90 Å². The van der Waals surface area contributed by atoms with E-state index in [0.717, 1.165) is 21.6 Å². The molecule has 7 heteroatoms. The highest BCUT2D eigenvalue weighted by Gasteiger charge is 2.35. The van der Waals surface area contributed by atoms with Crippen molar-refractivity contribution in [3.05, 3.63) is 28.8 Å². The monoisotopic (exact) mass is 368 g/mol. The Kier molecular flexibility index (Phi) is 5.91. The van der Waals surface area contributed by atoms with E-state index in [1.807, 2.05) is 39.8 Å². The third-order valence-corrected chi connectivity index (χ3v) is 7.20. The van der Waals surface area contributed by atoms with E-state index in [1.54, 1.807) is 23.3 Å². The van der Waals surface area contributed by atoms with Crippen molar-refractivity contribution < 1.29 is 18.1 Å². The van der Waals surface area contributed by atoms with E-state index < -0.39 is 10.0 Å². The van der Waals surface area contributed by atoms with Gasteiger partial charge in [-0.2, -0.15) is 4.31 Å². The van der Waals surface area contributed by atoms with Crippen molar-refractivity contribution in [1.82, 2.24) is 9.21 Å². The van der Waals surface area contributed by atoms with Gasteiger partial charge in [-0.3, -0.25) is 4.79 Å². The normalized spacial score (nSPS) is 18.2. The fourth-order valence-electron chi connectivity index (χ4n) is 3.71. The van der Waals surface area contributed by atoms with Crippen molar-refractivity contribution in [1.29, 1.82) is 0 Å². The highest BCUT2D eigenvalue weighted by Crippen LogP contribution is 2.25. The van der Waals surface area contributed by atoms with Gasteiger partial charge in [-0.05, 0) is 38.8 Å². The summed E-state index contributed by atoms with van der Waals surface area (Å²) in [5.41, 5.74) is 2.66. The molecule has 0 aliphatic carbocycles. The summed E-state index contributed by atoms with van der Waals surface area (Å²) >= 11 is 0. The fourth-order valence-corrected chi connectivity index (χ4v) is 5.56. The van der Waals surface area contributed by atoms with Crippen LogP contribution in [0.5, 0.6) is 0 Å². The average molecular weight is 369 g/mol. The number of carbonyl (C=O) groups is 1. The van der Waals surface area contributed by atoms with Gasteiger partial charge < -0.3 is 9.80 Å². The summed E-state index contributed by atoms with van der Waals surface area (Å²) in [6, 6.07) is 3.68. The zero-order valence-corrected chi connectivity index (χ0v) is 16.9. The number of quaternary nitrogens is 1. The van der Waals surface area contributed by atoms with Crippen LogP contribution >= 0.6 is 0 Å². The second kappa shape index (κ2) is 7.43. The number of sulfonamides is 1. The van der Waals surface area contributed by atoms with Crippen LogP contribution in [0.2, 0.25) is 0 Å². The van der Waals surface area contributed by atoms with Crippen molar-refractivity contribution in [2.45, 2.75) is 38.6 Å². The molecule has 0 bridgehead atoms. The van der Waals surface area contributed by atoms with E-state index in [-0.39, 0.29) is 11.9 Å². The zero-order chi connectivity index (χ0) is 18.9. The molecule has 1 aromatic carbocycles.